The Bertz CT molecular complexity index is 446. The summed E-state index contributed by atoms with van der Waals surface area (Å²) < 4.78 is 5.37. The first-order valence-corrected chi connectivity index (χ1v) is 6.19. The smallest absolute Gasteiger partial charge is 0.123 e. The summed E-state index contributed by atoms with van der Waals surface area (Å²) in [5.74, 6) is 0.885. The zero-order chi connectivity index (χ0) is 13.8. The summed E-state index contributed by atoms with van der Waals surface area (Å²) in [6.07, 6.45) is 0. The first-order chi connectivity index (χ1) is 8.39. The van der Waals surface area contributed by atoms with Gasteiger partial charge in [-0.05, 0) is 33.8 Å². The first-order valence-electron chi connectivity index (χ1n) is 6.19. The van der Waals surface area contributed by atoms with E-state index in [0.29, 0.717) is 6.54 Å². The van der Waals surface area contributed by atoms with Crippen LogP contribution in [0.5, 0.6) is 5.75 Å². The van der Waals surface area contributed by atoms with Crippen molar-refractivity contribution < 1.29 is 4.74 Å². The molecule has 18 heavy (non-hydrogen) atoms. The maximum atomic E-state index is 9.01. The van der Waals surface area contributed by atoms with Crippen molar-refractivity contribution in [1.82, 2.24) is 5.32 Å². The van der Waals surface area contributed by atoms with E-state index < -0.39 is 0 Å². The Morgan fingerprint density at radius 3 is 2.67 bits per heavy atom. The van der Waals surface area contributed by atoms with E-state index in [1.165, 1.54) is 5.56 Å². The number of benzene rings is 1. The number of hydrogen-bond acceptors (Lipinski definition) is 3. The molecule has 0 fully saturated rings. The van der Waals surface area contributed by atoms with Crippen LogP contribution in [0.2, 0.25) is 0 Å². The zero-order valence-electron chi connectivity index (χ0n) is 11.9. The highest BCUT2D eigenvalue weighted by atomic mass is 16.5. The average molecular weight is 246 g/mol. The van der Waals surface area contributed by atoms with Gasteiger partial charge in [-0.2, -0.15) is 5.26 Å². The number of methoxy groups -OCH3 is 1. The minimum atomic E-state index is -0.356. The second-order valence-electron chi connectivity index (χ2n) is 5.34. The van der Waals surface area contributed by atoms with Crippen molar-refractivity contribution >= 4 is 0 Å². The van der Waals surface area contributed by atoms with Gasteiger partial charge in [0.15, 0.2) is 0 Å². The molecule has 0 aliphatic rings. The summed E-state index contributed by atoms with van der Waals surface area (Å²) >= 11 is 0. The monoisotopic (exact) mass is 246 g/mol. The van der Waals surface area contributed by atoms with E-state index in [-0.39, 0.29) is 11.5 Å². The lowest BCUT2D eigenvalue weighted by molar-refractivity contribution is 0.385. The molecule has 98 valence electrons. The van der Waals surface area contributed by atoms with Crippen LogP contribution in [0.15, 0.2) is 18.2 Å². The van der Waals surface area contributed by atoms with Crippen LogP contribution in [0.25, 0.3) is 0 Å². The number of nitrogens with zero attached hydrogens (tertiary/aromatic N) is 1. The molecular formula is C15H22N2O. The van der Waals surface area contributed by atoms with E-state index in [9.17, 15) is 0 Å². The molecule has 0 amide bonds. The van der Waals surface area contributed by atoms with Gasteiger partial charge in [-0.15, -0.1) is 0 Å². The lowest BCUT2D eigenvalue weighted by atomic mass is 9.95. The molecule has 0 spiro atoms. The molecule has 1 atom stereocenters. The van der Waals surface area contributed by atoms with Gasteiger partial charge in [0.25, 0.3) is 0 Å². The van der Waals surface area contributed by atoms with Gasteiger partial charge in [0, 0.05) is 18.2 Å². The van der Waals surface area contributed by atoms with Crippen LogP contribution in [0.3, 0.4) is 0 Å². The van der Waals surface area contributed by atoms with Gasteiger partial charge < -0.3 is 10.1 Å². The minimum Gasteiger partial charge on any atom is -0.496 e. The molecule has 0 radical (unpaired) electrons. The standard InChI is InChI=1S/C15H22N2O/c1-11-6-7-14(18-5)13(8-11)12(2)17-10-15(3,4)9-16/h6-8,12,17H,10H2,1-5H3. The molecular weight excluding hydrogens is 224 g/mol. The molecule has 1 rings (SSSR count). The van der Waals surface area contributed by atoms with Crippen molar-refractivity contribution in [1.29, 1.82) is 5.26 Å². The van der Waals surface area contributed by atoms with Gasteiger partial charge in [-0.1, -0.05) is 17.7 Å². The maximum absolute atomic E-state index is 9.01. The van der Waals surface area contributed by atoms with Crippen LogP contribution in [0.4, 0.5) is 0 Å². The van der Waals surface area contributed by atoms with E-state index in [4.69, 9.17) is 10.00 Å². The van der Waals surface area contributed by atoms with Crippen LogP contribution in [-0.4, -0.2) is 13.7 Å². The summed E-state index contributed by atoms with van der Waals surface area (Å²) in [6, 6.07) is 8.60. The third-order valence-corrected chi connectivity index (χ3v) is 3.00. The summed E-state index contributed by atoms with van der Waals surface area (Å²) in [7, 11) is 1.68. The Balaban J connectivity index is 2.81. The quantitative estimate of drug-likeness (QED) is 0.867. The maximum Gasteiger partial charge on any atom is 0.123 e. The summed E-state index contributed by atoms with van der Waals surface area (Å²) in [5.41, 5.74) is 1.98. The highest BCUT2D eigenvalue weighted by Gasteiger charge is 2.19. The van der Waals surface area contributed by atoms with Crippen LogP contribution in [0, 0.1) is 23.7 Å². The number of nitriles is 1. The van der Waals surface area contributed by atoms with Crippen LogP contribution in [-0.2, 0) is 0 Å². The third kappa shape index (κ3) is 3.75. The van der Waals surface area contributed by atoms with E-state index in [1.54, 1.807) is 7.11 Å². The molecule has 0 aromatic heterocycles. The molecule has 0 bridgehead atoms. The Hall–Kier alpha value is -1.53. The van der Waals surface area contributed by atoms with Crippen molar-refractivity contribution in [2.75, 3.05) is 13.7 Å². The summed E-state index contributed by atoms with van der Waals surface area (Å²) in [6.45, 7) is 8.67. The Kier molecular flexibility index (Phi) is 4.75. The van der Waals surface area contributed by atoms with E-state index in [1.807, 2.05) is 26.0 Å². The van der Waals surface area contributed by atoms with Gasteiger partial charge >= 0.3 is 0 Å². The van der Waals surface area contributed by atoms with Gasteiger partial charge in [-0.25, -0.2) is 0 Å². The fraction of sp³-hybridized carbons (Fsp3) is 0.533. The van der Waals surface area contributed by atoms with Crippen molar-refractivity contribution in [2.45, 2.75) is 33.7 Å². The topological polar surface area (TPSA) is 45.0 Å². The summed E-state index contributed by atoms with van der Waals surface area (Å²) in [4.78, 5) is 0. The van der Waals surface area contributed by atoms with Gasteiger partial charge in [0.1, 0.15) is 5.75 Å². The fourth-order valence-corrected chi connectivity index (χ4v) is 1.75. The van der Waals surface area contributed by atoms with E-state index >= 15 is 0 Å². The number of aryl methyl sites for hydroxylation is 1. The predicted molar refractivity (Wildman–Crippen MR) is 73.5 cm³/mol. The Morgan fingerprint density at radius 1 is 1.44 bits per heavy atom. The number of ether oxygens (including phenoxy) is 1. The van der Waals surface area contributed by atoms with Gasteiger partial charge in [-0.3, -0.25) is 0 Å². The SMILES string of the molecule is COc1ccc(C)cc1C(C)NCC(C)(C)C#N. The number of hydrogen-bond donors (Lipinski definition) is 1. The Labute approximate surface area is 110 Å². The zero-order valence-corrected chi connectivity index (χ0v) is 11.9. The fourth-order valence-electron chi connectivity index (χ4n) is 1.75. The summed E-state index contributed by atoms with van der Waals surface area (Å²) in [5, 5.41) is 12.4. The highest BCUT2D eigenvalue weighted by Crippen LogP contribution is 2.26. The second-order valence-corrected chi connectivity index (χ2v) is 5.34. The van der Waals surface area contributed by atoms with Crippen LogP contribution in [0.1, 0.15) is 37.9 Å². The third-order valence-electron chi connectivity index (χ3n) is 3.00. The van der Waals surface area contributed by atoms with E-state index in [2.05, 4.69) is 31.3 Å². The first kappa shape index (κ1) is 14.5. The molecule has 1 aromatic rings. The molecule has 0 heterocycles. The molecule has 3 heteroatoms. The second kappa shape index (κ2) is 5.88. The lowest BCUT2D eigenvalue weighted by Crippen LogP contribution is -2.30. The van der Waals surface area contributed by atoms with E-state index in [0.717, 1.165) is 11.3 Å². The average Bonchev–Trinajstić information content (AvgIpc) is 2.36. The molecule has 3 nitrogen and oxygen atoms in total. The van der Waals surface area contributed by atoms with Crippen molar-refractivity contribution in [3.63, 3.8) is 0 Å². The number of rotatable bonds is 5. The van der Waals surface area contributed by atoms with Crippen LogP contribution >= 0.6 is 0 Å². The van der Waals surface area contributed by atoms with Gasteiger partial charge in [0.2, 0.25) is 0 Å². The highest BCUT2D eigenvalue weighted by molar-refractivity contribution is 5.38. The molecule has 1 unspecified atom stereocenters. The minimum absolute atomic E-state index is 0.160. The predicted octanol–water partition coefficient (Wildman–Crippen LogP) is 3.20. The van der Waals surface area contributed by atoms with Crippen molar-refractivity contribution in [2.24, 2.45) is 5.41 Å². The molecule has 0 aliphatic heterocycles. The Morgan fingerprint density at radius 2 is 2.11 bits per heavy atom. The number of nitrogens with one attached hydrogen (secondary N) is 1. The van der Waals surface area contributed by atoms with Crippen LogP contribution < -0.4 is 10.1 Å². The van der Waals surface area contributed by atoms with Crippen molar-refractivity contribution in [3.8, 4) is 11.8 Å². The van der Waals surface area contributed by atoms with Gasteiger partial charge in [0.05, 0.1) is 18.6 Å². The lowest BCUT2D eigenvalue weighted by Gasteiger charge is -2.22. The molecule has 1 N–H and O–H groups in total. The molecule has 0 aliphatic carbocycles. The van der Waals surface area contributed by atoms with Crippen molar-refractivity contribution in [3.05, 3.63) is 29.3 Å². The molecule has 0 saturated heterocycles. The molecule has 1 aromatic carbocycles. The largest absolute Gasteiger partial charge is 0.496 e. The molecule has 0 saturated carbocycles. The normalized spacial score (nSPS) is 12.9.